The Balaban J connectivity index is 1.61. The van der Waals surface area contributed by atoms with E-state index in [1.54, 1.807) is 24.5 Å². The molecular formula is C28H32F4N2O6S2. The first-order valence-corrected chi connectivity index (χ1v) is 15.4. The van der Waals surface area contributed by atoms with Gasteiger partial charge in [-0.2, -0.15) is 17.6 Å². The minimum absolute atomic E-state index is 0.0273. The van der Waals surface area contributed by atoms with Gasteiger partial charge in [0, 0.05) is 9.75 Å². The maximum absolute atomic E-state index is 15.1. The molecule has 2 heterocycles. The number of ether oxygens (including phenoxy) is 2. The zero-order valence-corrected chi connectivity index (χ0v) is 25.2. The Hall–Kier alpha value is -3.00. The van der Waals surface area contributed by atoms with Gasteiger partial charge < -0.3 is 20.1 Å². The normalized spacial score (nSPS) is 18.5. The van der Waals surface area contributed by atoms with Gasteiger partial charge in [0.15, 0.2) is 0 Å². The van der Waals surface area contributed by atoms with E-state index >= 15 is 17.6 Å². The quantitative estimate of drug-likeness (QED) is 0.250. The minimum Gasteiger partial charge on any atom is -0.462 e. The van der Waals surface area contributed by atoms with E-state index in [1.807, 2.05) is 13.8 Å². The Morgan fingerprint density at radius 3 is 1.43 bits per heavy atom. The van der Waals surface area contributed by atoms with Crippen LogP contribution in [0.25, 0.3) is 0 Å². The van der Waals surface area contributed by atoms with Crippen LogP contribution in [-0.2, 0) is 44.7 Å². The molecule has 0 aliphatic heterocycles. The third kappa shape index (κ3) is 5.92. The monoisotopic (exact) mass is 632 g/mol. The maximum Gasteiger partial charge on any atom is 0.396 e. The Labute approximate surface area is 248 Å². The second-order valence-corrected chi connectivity index (χ2v) is 12.8. The van der Waals surface area contributed by atoms with Crippen LogP contribution in [0.5, 0.6) is 0 Å². The number of fused-ring (bicyclic) bond motifs is 2. The summed E-state index contributed by atoms with van der Waals surface area (Å²) in [4.78, 5) is 52.0. The highest BCUT2D eigenvalue weighted by Crippen LogP contribution is 2.44. The summed E-state index contributed by atoms with van der Waals surface area (Å²) in [6, 6.07) is 0. The van der Waals surface area contributed by atoms with E-state index in [0.29, 0.717) is 59.4 Å². The molecule has 4 rings (SSSR count). The smallest absolute Gasteiger partial charge is 0.396 e. The molecule has 0 aromatic carbocycles. The zero-order chi connectivity index (χ0) is 31.0. The molecule has 14 heteroatoms. The first-order chi connectivity index (χ1) is 19.7. The number of alkyl halides is 4. The average Bonchev–Trinajstić information content (AvgIpc) is 3.44. The number of hydrogen-bond acceptors (Lipinski definition) is 8. The van der Waals surface area contributed by atoms with E-state index in [1.165, 1.54) is 0 Å². The van der Waals surface area contributed by atoms with Gasteiger partial charge in [-0.25, -0.2) is 9.59 Å². The summed E-state index contributed by atoms with van der Waals surface area (Å²) < 4.78 is 70.4. The molecule has 2 aromatic heterocycles. The molecule has 0 saturated carbocycles. The molecule has 8 nitrogen and oxygen atoms in total. The van der Waals surface area contributed by atoms with Crippen molar-refractivity contribution in [3.05, 3.63) is 32.0 Å². The van der Waals surface area contributed by atoms with Gasteiger partial charge in [0.2, 0.25) is 0 Å². The van der Waals surface area contributed by atoms with Crippen molar-refractivity contribution in [1.29, 1.82) is 0 Å². The molecule has 2 aliphatic rings. The van der Waals surface area contributed by atoms with Crippen molar-refractivity contribution in [3.63, 3.8) is 0 Å². The zero-order valence-electron chi connectivity index (χ0n) is 23.6. The molecule has 42 heavy (non-hydrogen) atoms. The fourth-order valence-corrected chi connectivity index (χ4v) is 7.95. The van der Waals surface area contributed by atoms with Gasteiger partial charge in [0.1, 0.15) is 10.0 Å². The Kier molecular flexibility index (Phi) is 9.36. The lowest BCUT2D eigenvalue weighted by molar-refractivity contribution is -0.204. The Morgan fingerprint density at radius 1 is 0.738 bits per heavy atom. The van der Waals surface area contributed by atoms with Crippen LogP contribution in [0.1, 0.15) is 82.1 Å². The lowest BCUT2D eigenvalue weighted by atomic mass is 9.88. The second-order valence-electron chi connectivity index (χ2n) is 10.6. The molecular weight excluding hydrogens is 600 g/mol. The number of thiophene rings is 2. The predicted octanol–water partition coefficient (Wildman–Crippen LogP) is 6.26. The number of anilines is 2. The number of hydrogen-bond donors (Lipinski definition) is 2. The summed E-state index contributed by atoms with van der Waals surface area (Å²) in [6.07, 6.45) is 3.30. The third-order valence-electron chi connectivity index (χ3n) is 7.40. The number of halogens is 4. The topological polar surface area (TPSA) is 111 Å². The Bertz CT molecular complexity index is 1300. The molecule has 2 N–H and O–H groups in total. The highest BCUT2D eigenvalue weighted by Gasteiger charge is 2.67. The maximum atomic E-state index is 15.1. The fraction of sp³-hybridized carbons (Fsp3) is 0.571. The van der Waals surface area contributed by atoms with Crippen molar-refractivity contribution in [2.45, 2.75) is 78.1 Å². The summed E-state index contributed by atoms with van der Waals surface area (Å²) in [5, 5.41) is 2.88. The third-order valence-corrected chi connectivity index (χ3v) is 9.74. The molecule has 0 spiro atoms. The van der Waals surface area contributed by atoms with Gasteiger partial charge in [0.05, 0.1) is 24.3 Å². The summed E-state index contributed by atoms with van der Waals surface area (Å²) in [5.41, 5.74) is 0.778. The number of rotatable bonds is 9. The highest BCUT2D eigenvalue weighted by molar-refractivity contribution is 7.17. The average molecular weight is 633 g/mol. The van der Waals surface area contributed by atoms with Crippen molar-refractivity contribution in [3.8, 4) is 0 Å². The van der Waals surface area contributed by atoms with Crippen LogP contribution in [0.15, 0.2) is 0 Å². The molecule has 0 bridgehead atoms. The van der Waals surface area contributed by atoms with Crippen LogP contribution in [0.4, 0.5) is 27.6 Å². The largest absolute Gasteiger partial charge is 0.462 e. The van der Waals surface area contributed by atoms with Crippen molar-refractivity contribution >= 4 is 56.4 Å². The van der Waals surface area contributed by atoms with E-state index in [-0.39, 0.29) is 46.2 Å². The van der Waals surface area contributed by atoms with E-state index in [9.17, 15) is 19.2 Å². The number of amides is 2. The van der Waals surface area contributed by atoms with Crippen LogP contribution in [-0.4, -0.2) is 48.8 Å². The lowest BCUT2D eigenvalue weighted by Crippen LogP contribution is -2.56. The van der Waals surface area contributed by atoms with E-state index in [0.717, 1.165) is 22.7 Å². The van der Waals surface area contributed by atoms with Crippen LogP contribution in [0, 0.1) is 11.8 Å². The van der Waals surface area contributed by atoms with Crippen molar-refractivity contribution in [2.24, 2.45) is 11.8 Å². The van der Waals surface area contributed by atoms with Crippen LogP contribution >= 0.6 is 22.7 Å². The highest BCUT2D eigenvalue weighted by atomic mass is 32.1. The van der Waals surface area contributed by atoms with Gasteiger partial charge >= 0.3 is 35.6 Å². The summed E-state index contributed by atoms with van der Waals surface area (Å²) >= 11 is 1.70. The second kappa shape index (κ2) is 12.3. The van der Waals surface area contributed by atoms with Crippen molar-refractivity contribution in [2.75, 3.05) is 23.8 Å². The van der Waals surface area contributed by atoms with Crippen LogP contribution in [0.2, 0.25) is 0 Å². The van der Waals surface area contributed by atoms with Gasteiger partial charge in [-0.15, -0.1) is 22.7 Å². The van der Waals surface area contributed by atoms with Crippen molar-refractivity contribution in [1.82, 2.24) is 0 Å². The first kappa shape index (κ1) is 31.9. The van der Waals surface area contributed by atoms with E-state index in [2.05, 4.69) is 0 Å². The standard InChI is InChI=1S/C28H32F4N2O6S2/c1-5-39-23(35)19-15-9-7-13(3)11-17(15)41-21(19)33-25(37)27(29,30)28(31,32)26(38)34-22-20(24(36)40-6-2)16-10-8-14(4)12-18(16)42-22/h13-14H,5-12H2,1-4H3,(H,33,37)(H,34,38). The van der Waals surface area contributed by atoms with Crippen LogP contribution < -0.4 is 10.6 Å². The lowest BCUT2D eigenvalue weighted by Gasteiger charge is -2.24. The summed E-state index contributed by atoms with van der Waals surface area (Å²) in [7, 11) is 0. The number of carbonyl (C=O) groups is 4. The molecule has 2 unspecified atom stereocenters. The molecule has 2 aromatic rings. The van der Waals surface area contributed by atoms with Gasteiger partial charge in [-0.05, 0) is 75.3 Å². The molecule has 0 saturated heterocycles. The Morgan fingerprint density at radius 2 is 1.10 bits per heavy atom. The molecule has 2 aliphatic carbocycles. The van der Waals surface area contributed by atoms with Crippen molar-refractivity contribution < 1.29 is 46.2 Å². The SMILES string of the molecule is CCOC(=O)c1c(NC(=O)C(F)(F)C(F)(F)C(=O)Nc2sc3c(c2C(=O)OCC)CCC(C)C3)sc2c1CCC(C)C2. The first-order valence-electron chi connectivity index (χ1n) is 13.7. The molecule has 0 fully saturated rings. The van der Waals surface area contributed by atoms with Gasteiger partial charge in [0.25, 0.3) is 0 Å². The number of esters is 2. The van der Waals surface area contributed by atoms with E-state index in [4.69, 9.17) is 9.47 Å². The number of nitrogens with one attached hydrogen (secondary N) is 2. The summed E-state index contributed by atoms with van der Waals surface area (Å²) in [6.45, 7) is 6.97. The molecule has 230 valence electrons. The minimum atomic E-state index is -5.52. The molecule has 2 atom stereocenters. The van der Waals surface area contributed by atoms with Crippen LogP contribution in [0.3, 0.4) is 0 Å². The number of carbonyl (C=O) groups excluding carboxylic acids is 4. The predicted molar refractivity (Wildman–Crippen MR) is 150 cm³/mol. The summed E-state index contributed by atoms with van der Waals surface area (Å²) in [5.74, 6) is -17.2. The van der Waals surface area contributed by atoms with E-state index < -0.39 is 35.6 Å². The fourth-order valence-electron chi connectivity index (χ4n) is 5.16. The van der Waals surface area contributed by atoms with Gasteiger partial charge in [-0.1, -0.05) is 13.8 Å². The molecule has 0 radical (unpaired) electrons. The van der Waals surface area contributed by atoms with Gasteiger partial charge in [-0.3, -0.25) is 9.59 Å². The molecule has 2 amide bonds.